The Morgan fingerprint density at radius 3 is 2.73 bits per heavy atom. The summed E-state index contributed by atoms with van der Waals surface area (Å²) in [6, 6.07) is 0. The quantitative estimate of drug-likeness (QED) is 0.210. The average Bonchev–Trinajstić information content (AvgIpc) is 3.00. The number of hydrogen-bond acceptors (Lipinski definition) is 6. The molecule has 0 aromatic rings. The summed E-state index contributed by atoms with van der Waals surface area (Å²) in [5, 5.41) is 21.5. The first-order chi connectivity index (χ1) is 14.3. The van der Waals surface area contributed by atoms with Crippen LogP contribution in [0.2, 0.25) is 0 Å². The fraction of sp³-hybridized carbons (Fsp3) is 0.565. The van der Waals surface area contributed by atoms with E-state index in [-0.39, 0.29) is 28.8 Å². The van der Waals surface area contributed by atoms with Crippen molar-refractivity contribution in [3.05, 3.63) is 34.8 Å². The molecule has 0 saturated heterocycles. The van der Waals surface area contributed by atoms with Gasteiger partial charge < -0.3 is 14.9 Å². The Hall–Kier alpha value is -2.01. The molecule has 0 amide bonds. The van der Waals surface area contributed by atoms with E-state index < -0.39 is 28.3 Å². The summed E-state index contributed by atoms with van der Waals surface area (Å²) in [5.41, 5.74) is -1.74. The molecule has 0 radical (unpaired) electrons. The van der Waals surface area contributed by atoms with E-state index in [9.17, 15) is 24.0 Å². The molecule has 164 valence electrons. The average molecular weight is 435 g/mol. The number of methoxy groups -OCH3 is 1. The number of ether oxygens (including phenoxy) is 1. The number of aliphatic hydroxyl groups is 2. The molecule has 7 heteroatoms. The van der Waals surface area contributed by atoms with Crippen molar-refractivity contribution in [3.63, 3.8) is 0 Å². The molecule has 3 atom stereocenters. The summed E-state index contributed by atoms with van der Waals surface area (Å²) in [6.45, 7) is 0. The second-order valence-electron chi connectivity index (χ2n) is 7.67. The highest BCUT2D eigenvalue weighted by molar-refractivity contribution is 7.89. The van der Waals surface area contributed by atoms with Crippen molar-refractivity contribution in [2.24, 2.45) is 5.92 Å². The van der Waals surface area contributed by atoms with E-state index in [2.05, 4.69) is 16.6 Å². The maximum atomic E-state index is 12.6. The van der Waals surface area contributed by atoms with E-state index in [0.717, 1.165) is 25.7 Å². The minimum absolute atomic E-state index is 0.0141. The van der Waals surface area contributed by atoms with Crippen molar-refractivity contribution in [2.45, 2.75) is 63.1 Å². The second-order valence-corrected chi connectivity index (χ2v) is 9.02. The van der Waals surface area contributed by atoms with Gasteiger partial charge in [0.1, 0.15) is 5.60 Å². The summed E-state index contributed by atoms with van der Waals surface area (Å²) in [7, 11) is -0.233. The lowest BCUT2D eigenvalue weighted by atomic mass is 9.84. The number of ketones is 1. The third-order valence-electron chi connectivity index (χ3n) is 5.47. The van der Waals surface area contributed by atoms with E-state index in [4.69, 9.17) is 0 Å². The van der Waals surface area contributed by atoms with Crippen molar-refractivity contribution >= 4 is 22.6 Å². The molecule has 3 unspecified atom stereocenters. The maximum Gasteiger partial charge on any atom is 0.305 e. The van der Waals surface area contributed by atoms with Gasteiger partial charge in [-0.1, -0.05) is 37.2 Å². The summed E-state index contributed by atoms with van der Waals surface area (Å²) in [4.78, 5) is 23.8. The lowest BCUT2D eigenvalue weighted by Gasteiger charge is -2.25. The van der Waals surface area contributed by atoms with Crippen LogP contribution in [0.1, 0.15) is 51.4 Å². The van der Waals surface area contributed by atoms with Gasteiger partial charge >= 0.3 is 5.97 Å². The molecule has 0 spiro atoms. The molecule has 2 rings (SSSR count). The zero-order valence-electron chi connectivity index (χ0n) is 17.6. The molecular weight excluding hydrogens is 404 g/mol. The van der Waals surface area contributed by atoms with Crippen molar-refractivity contribution in [1.82, 2.24) is 0 Å². The SMILES string of the molecule is COC(=O)CCCC#CC=C1C(=O)C(S(C)=O)=CC1(O)C=CC(O)C1CCCCC1. The summed E-state index contributed by atoms with van der Waals surface area (Å²) < 4.78 is 16.5. The van der Waals surface area contributed by atoms with Gasteiger partial charge in [-0.3, -0.25) is 13.8 Å². The smallest absolute Gasteiger partial charge is 0.305 e. The molecule has 2 N–H and O–H groups in total. The fourth-order valence-corrected chi connectivity index (χ4v) is 4.40. The van der Waals surface area contributed by atoms with Crippen molar-refractivity contribution in [3.8, 4) is 11.8 Å². The van der Waals surface area contributed by atoms with Crippen LogP contribution < -0.4 is 0 Å². The normalized spacial score (nSPS) is 25.7. The van der Waals surface area contributed by atoms with E-state index in [1.165, 1.54) is 44.1 Å². The van der Waals surface area contributed by atoms with E-state index >= 15 is 0 Å². The number of allylic oxidation sites excluding steroid dienone is 2. The molecule has 0 bridgehead atoms. The van der Waals surface area contributed by atoms with E-state index in [0.29, 0.717) is 12.8 Å². The molecule has 1 saturated carbocycles. The molecule has 2 aliphatic carbocycles. The standard InChI is InChI=1S/C23H30O6S/c1-29-21(25)13-9-4-3-8-12-18-22(26)20(30(2)28)16-23(18,27)15-14-19(24)17-10-6-5-7-11-17/h12,14-17,19,24,27H,4-7,9-11,13H2,1-2H3. The fourth-order valence-electron chi connectivity index (χ4n) is 3.69. The Morgan fingerprint density at radius 2 is 2.10 bits per heavy atom. The summed E-state index contributed by atoms with van der Waals surface area (Å²) >= 11 is 0. The number of unbranched alkanes of at least 4 members (excludes halogenated alkanes) is 1. The Kier molecular flexibility index (Phi) is 9.22. The number of carbonyl (C=O) groups excluding carboxylic acids is 2. The van der Waals surface area contributed by atoms with Crippen molar-refractivity contribution in [2.75, 3.05) is 13.4 Å². The predicted octanol–water partition coefficient (Wildman–Crippen LogP) is 2.33. The van der Waals surface area contributed by atoms with E-state index in [1.807, 2.05) is 0 Å². The monoisotopic (exact) mass is 434 g/mol. The second kappa shape index (κ2) is 11.4. The van der Waals surface area contributed by atoms with Crippen LogP contribution in [0.3, 0.4) is 0 Å². The van der Waals surface area contributed by atoms with Crippen LogP contribution in [0.5, 0.6) is 0 Å². The van der Waals surface area contributed by atoms with Crippen LogP contribution in [0.25, 0.3) is 0 Å². The van der Waals surface area contributed by atoms with Gasteiger partial charge in [-0.25, -0.2) is 0 Å². The van der Waals surface area contributed by atoms with Gasteiger partial charge in [-0.15, -0.1) is 0 Å². The van der Waals surface area contributed by atoms with Gasteiger partial charge in [0.25, 0.3) is 0 Å². The van der Waals surface area contributed by atoms with Crippen molar-refractivity contribution in [1.29, 1.82) is 0 Å². The highest BCUT2D eigenvalue weighted by atomic mass is 32.2. The first-order valence-electron chi connectivity index (χ1n) is 10.2. The number of hydrogen-bond donors (Lipinski definition) is 2. The largest absolute Gasteiger partial charge is 0.469 e. The van der Waals surface area contributed by atoms with Crippen LogP contribution >= 0.6 is 0 Å². The van der Waals surface area contributed by atoms with Gasteiger partial charge in [0.05, 0.1) is 28.9 Å². The molecular formula is C23H30O6S. The topological polar surface area (TPSA) is 101 Å². The van der Waals surface area contributed by atoms with Crippen LogP contribution in [-0.4, -0.2) is 51.2 Å². The molecule has 6 nitrogen and oxygen atoms in total. The zero-order valence-corrected chi connectivity index (χ0v) is 18.4. The Morgan fingerprint density at radius 1 is 1.40 bits per heavy atom. The highest BCUT2D eigenvalue weighted by Crippen LogP contribution is 2.34. The van der Waals surface area contributed by atoms with E-state index in [1.54, 1.807) is 0 Å². The first-order valence-corrected chi connectivity index (χ1v) is 11.8. The molecule has 1 fully saturated rings. The van der Waals surface area contributed by atoms with Crippen LogP contribution in [-0.2, 0) is 25.1 Å². The molecule has 0 aromatic carbocycles. The first kappa shape index (κ1) is 24.3. The van der Waals surface area contributed by atoms with Gasteiger partial charge in [0.15, 0.2) is 0 Å². The minimum Gasteiger partial charge on any atom is -0.469 e. The third-order valence-corrected chi connectivity index (χ3v) is 6.39. The molecule has 0 aromatic heterocycles. The van der Waals surface area contributed by atoms with Gasteiger partial charge in [-0.2, -0.15) is 0 Å². The lowest BCUT2D eigenvalue weighted by molar-refractivity contribution is -0.140. The summed E-state index contributed by atoms with van der Waals surface area (Å²) in [5.74, 6) is 4.90. The molecule has 0 aliphatic heterocycles. The predicted molar refractivity (Wildman–Crippen MR) is 116 cm³/mol. The number of Topliss-reactive ketones (excluding diaryl/α,β-unsaturated/α-hetero) is 1. The lowest BCUT2D eigenvalue weighted by Crippen LogP contribution is -2.27. The Balaban J connectivity index is 2.15. The number of carbonyl (C=O) groups is 2. The Labute approximate surface area is 180 Å². The van der Waals surface area contributed by atoms with Crippen LogP contribution in [0.15, 0.2) is 34.8 Å². The Bertz CT molecular complexity index is 822. The number of rotatable bonds is 7. The van der Waals surface area contributed by atoms with Crippen LogP contribution in [0, 0.1) is 17.8 Å². The van der Waals surface area contributed by atoms with Gasteiger partial charge in [-0.05, 0) is 43.4 Å². The summed E-state index contributed by atoms with van der Waals surface area (Å²) in [6.07, 6.45) is 12.6. The van der Waals surface area contributed by atoms with Crippen molar-refractivity contribution < 1.29 is 28.7 Å². The van der Waals surface area contributed by atoms with Crippen LogP contribution in [0.4, 0.5) is 0 Å². The number of esters is 1. The molecule has 2 aliphatic rings. The number of aliphatic hydroxyl groups excluding tert-OH is 1. The zero-order chi connectivity index (χ0) is 22.1. The minimum atomic E-state index is -1.76. The van der Waals surface area contributed by atoms with Gasteiger partial charge in [0.2, 0.25) is 5.78 Å². The van der Waals surface area contributed by atoms with Gasteiger partial charge in [0, 0.05) is 24.7 Å². The maximum absolute atomic E-state index is 12.6. The highest BCUT2D eigenvalue weighted by Gasteiger charge is 2.41. The molecule has 30 heavy (non-hydrogen) atoms. The third kappa shape index (κ3) is 6.49. The molecule has 0 heterocycles.